The summed E-state index contributed by atoms with van der Waals surface area (Å²) in [6.07, 6.45) is 9.32. The molecule has 1 aromatic rings. The van der Waals surface area contributed by atoms with Gasteiger partial charge in [-0.05, 0) is 36.8 Å². The van der Waals surface area contributed by atoms with Crippen molar-refractivity contribution >= 4 is 17.8 Å². The molecule has 5 rings (SSSR count). The molecular formula is C22H19NO3. The van der Waals surface area contributed by atoms with E-state index in [0.29, 0.717) is 12.2 Å². The van der Waals surface area contributed by atoms with E-state index in [-0.39, 0.29) is 17.3 Å². The summed E-state index contributed by atoms with van der Waals surface area (Å²) in [6.45, 7) is 2.99. The Labute approximate surface area is 152 Å². The summed E-state index contributed by atoms with van der Waals surface area (Å²) in [5.41, 5.74) is 5.25. The predicted octanol–water partition coefficient (Wildman–Crippen LogP) is 3.36. The van der Waals surface area contributed by atoms with Gasteiger partial charge < -0.3 is 14.4 Å². The van der Waals surface area contributed by atoms with Gasteiger partial charge in [-0.15, -0.1) is 0 Å². The van der Waals surface area contributed by atoms with Crippen LogP contribution in [0.4, 0.5) is 5.69 Å². The Bertz CT molecular complexity index is 965. The monoisotopic (exact) mass is 345 g/mol. The van der Waals surface area contributed by atoms with Crippen LogP contribution in [0.2, 0.25) is 0 Å². The number of allylic oxidation sites excluding steroid dienone is 4. The fourth-order valence-electron chi connectivity index (χ4n) is 4.70. The van der Waals surface area contributed by atoms with Crippen LogP contribution in [0.5, 0.6) is 0 Å². The van der Waals surface area contributed by atoms with Gasteiger partial charge in [-0.3, -0.25) is 4.79 Å². The van der Waals surface area contributed by atoms with Crippen molar-refractivity contribution in [3.8, 4) is 0 Å². The average Bonchev–Trinajstić information content (AvgIpc) is 2.90. The standard InChI is InChI=1S/C22H19NO3/c1-22(9-11-24)17-4-2-3-5-18(17)23-10-8-19-16(21(22)23)12-14-6-7-15(25)13-20(14)26-19/h2-7,11-13,19H,8-10H2,1H3. The molecule has 3 aliphatic heterocycles. The van der Waals surface area contributed by atoms with Crippen molar-refractivity contribution < 1.29 is 14.3 Å². The molecule has 0 N–H and O–H groups in total. The van der Waals surface area contributed by atoms with E-state index in [2.05, 4.69) is 30.0 Å². The van der Waals surface area contributed by atoms with Gasteiger partial charge in [0.05, 0.1) is 0 Å². The molecule has 0 aromatic heterocycles. The molecule has 1 aromatic carbocycles. The van der Waals surface area contributed by atoms with Gasteiger partial charge in [0, 0.05) is 53.4 Å². The maximum absolute atomic E-state index is 11.7. The van der Waals surface area contributed by atoms with E-state index in [9.17, 15) is 9.59 Å². The fourth-order valence-corrected chi connectivity index (χ4v) is 4.70. The van der Waals surface area contributed by atoms with E-state index < -0.39 is 0 Å². The SMILES string of the molecule is CC1(CC=O)C2=C3C=C4C=CC(=O)C=C4OC3CCN2c2ccccc21. The lowest BCUT2D eigenvalue weighted by Crippen LogP contribution is -2.40. The first-order valence-corrected chi connectivity index (χ1v) is 8.99. The molecule has 0 bridgehead atoms. The number of ketones is 1. The number of aldehydes is 1. The second-order valence-corrected chi connectivity index (χ2v) is 7.41. The highest BCUT2D eigenvalue weighted by Crippen LogP contribution is 2.54. The maximum Gasteiger partial charge on any atom is 0.182 e. The van der Waals surface area contributed by atoms with Crippen LogP contribution in [0.1, 0.15) is 25.3 Å². The molecular weight excluding hydrogens is 326 g/mol. The minimum absolute atomic E-state index is 0.0373. The molecule has 0 spiro atoms. The highest BCUT2D eigenvalue weighted by atomic mass is 16.5. The quantitative estimate of drug-likeness (QED) is 0.771. The van der Waals surface area contributed by atoms with Crippen molar-refractivity contribution in [2.75, 3.05) is 11.4 Å². The lowest BCUT2D eigenvalue weighted by atomic mass is 9.75. The number of carbonyl (C=O) groups is 2. The summed E-state index contributed by atoms with van der Waals surface area (Å²) in [7, 11) is 0. The Morgan fingerprint density at radius 1 is 1.27 bits per heavy atom. The van der Waals surface area contributed by atoms with Crippen LogP contribution in [-0.2, 0) is 19.7 Å². The Morgan fingerprint density at radius 2 is 2.12 bits per heavy atom. The van der Waals surface area contributed by atoms with Crippen molar-refractivity contribution in [2.24, 2.45) is 0 Å². The minimum Gasteiger partial charge on any atom is -0.485 e. The fraction of sp³-hybridized carbons (Fsp3) is 0.273. The Balaban J connectivity index is 1.75. The number of hydrogen-bond acceptors (Lipinski definition) is 4. The van der Waals surface area contributed by atoms with Crippen LogP contribution in [0.3, 0.4) is 0 Å². The van der Waals surface area contributed by atoms with Crippen molar-refractivity contribution in [1.29, 1.82) is 0 Å². The largest absolute Gasteiger partial charge is 0.485 e. The van der Waals surface area contributed by atoms with Crippen LogP contribution in [-0.4, -0.2) is 24.7 Å². The first-order chi connectivity index (χ1) is 12.6. The van der Waals surface area contributed by atoms with Crippen LogP contribution in [0, 0.1) is 0 Å². The van der Waals surface area contributed by atoms with Gasteiger partial charge in [0.25, 0.3) is 0 Å². The summed E-state index contributed by atoms with van der Waals surface area (Å²) in [4.78, 5) is 25.5. The molecule has 130 valence electrons. The van der Waals surface area contributed by atoms with Crippen molar-refractivity contribution in [3.05, 3.63) is 76.7 Å². The van der Waals surface area contributed by atoms with E-state index in [1.165, 1.54) is 16.9 Å². The summed E-state index contributed by atoms with van der Waals surface area (Å²) < 4.78 is 6.19. The third-order valence-corrected chi connectivity index (χ3v) is 5.87. The number of nitrogens with zero attached hydrogens (tertiary/aromatic N) is 1. The Morgan fingerprint density at radius 3 is 2.96 bits per heavy atom. The molecule has 0 fully saturated rings. The lowest BCUT2D eigenvalue weighted by Gasteiger charge is -2.40. The van der Waals surface area contributed by atoms with Gasteiger partial charge in [-0.1, -0.05) is 18.2 Å². The molecule has 0 radical (unpaired) electrons. The molecule has 1 aliphatic carbocycles. The highest BCUT2D eigenvalue weighted by molar-refractivity contribution is 6.02. The molecule has 26 heavy (non-hydrogen) atoms. The van der Waals surface area contributed by atoms with Crippen LogP contribution in [0.25, 0.3) is 0 Å². The van der Waals surface area contributed by atoms with Gasteiger partial charge in [-0.2, -0.15) is 0 Å². The Hall–Kier alpha value is -2.88. The molecule has 4 heteroatoms. The van der Waals surface area contributed by atoms with Gasteiger partial charge in [-0.25, -0.2) is 0 Å². The summed E-state index contributed by atoms with van der Waals surface area (Å²) in [5.74, 6) is 0.623. The number of benzene rings is 1. The van der Waals surface area contributed by atoms with Gasteiger partial charge in [0.15, 0.2) is 5.78 Å². The highest BCUT2D eigenvalue weighted by Gasteiger charge is 2.48. The normalized spacial score (nSPS) is 28.4. The molecule has 4 aliphatic rings. The summed E-state index contributed by atoms with van der Waals surface area (Å²) in [6, 6.07) is 8.34. The number of rotatable bonds is 2. The first kappa shape index (κ1) is 15.4. The van der Waals surface area contributed by atoms with E-state index in [4.69, 9.17) is 4.74 Å². The van der Waals surface area contributed by atoms with Crippen molar-refractivity contribution in [3.63, 3.8) is 0 Å². The zero-order valence-electron chi connectivity index (χ0n) is 14.6. The zero-order valence-corrected chi connectivity index (χ0v) is 14.6. The van der Waals surface area contributed by atoms with Crippen LogP contribution in [0.15, 0.2) is 71.2 Å². The minimum atomic E-state index is -0.359. The average molecular weight is 345 g/mol. The first-order valence-electron chi connectivity index (χ1n) is 8.99. The smallest absolute Gasteiger partial charge is 0.182 e. The molecule has 3 heterocycles. The number of ether oxygens (including phenoxy) is 1. The number of hydrogen-bond donors (Lipinski definition) is 0. The Kier molecular flexibility index (Phi) is 3.14. The van der Waals surface area contributed by atoms with E-state index in [0.717, 1.165) is 30.4 Å². The van der Waals surface area contributed by atoms with Gasteiger partial charge >= 0.3 is 0 Å². The van der Waals surface area contributed by atoms with Crippen LogP contribution < -0.4 is 4.90 Å². The van der Waals surface area contributed by atoms with E-state index >= 15 is 0 Å². The van der Waals surface area contributed by atoms with Crippen molar-refractivity contribution in [1.82, 2.24) is 0 Å². The second-order valence-electron chi connectivity index (χ2n) is 7.41. The third-order valence-electron chi connectivity index (χ3n) is 5.87. The van der Waals surface area contributed by atoms with Crippen LogP contribution >= 0.6 is 0 Å². The second kappa shape index (κ2) is 5.31. The van der Waals surface area contributed by atoms with E-state index in [1.807, 2.05) is 18.2 Å². The number of carbonyl (C=O) groups excluding carboxylic acids is 2. The lowest BCUT2D eigenvalue weighted by molar-refractivity contribution is -0.111. The van der Waals surface area contributed by atoms with Gasteiger partial charge in [0.1, 0.15) is 18.1 Å². The van der Waals surface area contributed by atoms with E-state index in [1.54, 1.807) is 12.2 Å². The predicted molar refractivity (Wildman–Crippen MR) is 98.7 cm³/mol. The zero-order chi connectivity index (χ0) is 17.9. The third kappa shape index (κ3) is 1.96. The van der Waals surface area contributed by atoms with Gasteiger partial charge in [0.2, 0.25) is 0 Å². The van der Waals surface area contributed by atoms with Crippen molar-refractivity contribution in [2.45, 2.75) is 31.3 Å². The molecule has 0 amide bonds. The summed E-state index contributed by atoms with van der Waals surface area (Å²) >= 11 is 0. The number of anilines is 1. The molecule has 4 nitrogen and oxygen atoms in total. The molecule has 2 unspecified atom stereocenters. The maximum atomic E-state index is 11.7. The summed E-state index contributed by atoms with van der Waals surface area (Å²) in [5, 5.41) is 0. The molecule has 0 saturated carbocycles. The number of fused-ring (bicyclic) bond motifs is 5. The topological polar surface area (TPSA) is 46.6 Å². The molecule has 0 saturated heterocycles. The molecule has 2 atom stereocenters. The number of para-hydroxylation sites is 1.